The van der Waals surface area contributed by atoms with Crippen LogP contribution in [0.4, 0.5) is 14.9 Å². The third-order valence-electron chi connectivity index (χ3n) is 5.71. The molecule has 7 heteroatoms. The van der Waals surface area contributed by atoms with Gasteiger partial charge in [-0.3, -0.25) is 14.5 Å². The molecule has 4 rings (SSSR count). The number of imide groups is 1. The van der Waals surface area contributed by atoms with Crippen LogP contribution in [0.3, 0.4) is 0 Å². The molecule has 29 heavy (non-hydrogen) atoms. The predicted octanol–water partition coefficient (Wildman–Crippen LogP) is 2.88. The van der Waals surface area contributed by atoms with Gasteiger partial charge in [-0.05, 0) is 55.5 Å². The number of urea groups is 1. The lowest BCUT2D eigenvalue weighted by molar-refractivity contribution is -0.134. The van der Waals surface area contributed by atoms with Crippen LogP contribution in [0.1, 0.15) is 30.0 Å². The number of aryl methyl sites for hydroxylation is 2. The van der Waals surface area contributed by atoms with E-state index in [1.165, 1.54) is 24.3 Å². The molecule has 0 aliphatic carbocycles. The van der Waals surface area contributed by atoms with Crippen LogP contribution < -0.4 is 10.2 Å². The number of hydrogen-bond acceptors (Lipinski definition) is 3. The van der Waals surface area contributed by atoms with E-state index >= 15 is 0 Å². The van der Waals surface area contributed by atoms with E-state index in [0.717, 1.165) is 34.6 Å². The summed E-state index contributed by atoms with van der Waals surface area (Å²) in [7, 11) is 0. The van der Waals surface area contributed by atoms with Crippen LogP contribution in [0.15, 0.2) is 42.5 Å². The number of amides is 4. The van der Waals surface area contributed by atoms with Gasteiger partial charge in [-0.1, -0.05) is 30.3 Å². The lowest BCUT2D eigenvalue weighted by Crippen LogP contribution is -2.46. The lowest BCUT2D eigenvalue weighted by atomic mass is 9.92. The van der Waals surface area contributed by atoms with E-state index in [0.29, 0.717) is 12.1 Å². The number of hydrogen-bond donors (Lipinski definition) is 1. The highest BCUT2D eigenvalue weighted by Crippen LogP contribution is 2.32. The number of nitrogens with zero attached hydrogens (tertiary/aromatic N) is 2. The molecule has 0 bridgehead atoms. The first-order chi connectivity index (χ1) is 13.8. The minimum absolute atomic E-state index is 0.299. The minimum Gasteiger partial charge on any atom is -0.319 e. The summed E-state index contributed by atoms with van der Waals surface area (Å²) in [4.78, 5) is 41.2. The standard InChI is InChI=1S/C22H22FN3O3/c1-14-5-3-6-15-7-4-12-25(19(14)15)18(27)13-26-20(28)22(2,24-21(26)29)16-8-10-17(23)11-9-16/h3,5-6,8-11H,4,7,12-13H2,1-2H3,(H,24,29). The van der Waals surface area contributed by atoms with E-state index in [9.17, 15) is 18.8 Å². The molecular formula is C22H22FN3O3. The maximum Gasteiger partial charge on any atom is 0.325 e. The Morgan fingerprint density at radius 2 is 1.90 bits per heavy atom. The molecule has 150 valence electrons. The van der Waals surface area contributed by atoms with Gasteiger partial charge in [-0.15, -0.1) is 0 Å². The normalized spacial score (nSPS) is 21.2. The summed E-state index contributed by atoms with van der Waals surface area (Å²) in [5.41, 5.74) is 2.09. The number of halogens is 1. The van der Waals surface area contributed by atoms with Crippen molar-refractivity contribution in [2.75, 3.05) is 18.0 Å². The molecule has 0 saturated carbocycles. The van der Waals surface area contributed by atoms with Crippen LogP contribution in [0.2, 0.25) is 0 Å². The Balaban J connectivity index is 1.58. The molecule has 1 unspecified atom stereocenters. The predicted molar refractivity (Wildman–Crippen MR) is 106 cm³/mol. The Morgan fingerprint density at radius 3 is 2.62 bits per heavy atom. The zero-order valence-electron chi connectivity index (χ0n) is 16.4. The molecular weight excluding hydrogens is 373 g/mol. The summed E-state index contributed by atoms with van der Waals surface area (Å²) >= 11 is 0. The second-order valence-electron chi connectivity index (χ2n) is 7.68. The highest BCUT2D eigenvalue weighted by atomic mass is 19.1. The van der Waals surface area contributed by atoms with Crippen LogP contribution >= 0.6 is 0 Å². The van der Waals surface area contributed by atoms with Crippen LogP contribution in [0.5, 0.6) is 0 Å². The van der Waals surface area contributed by atoms with Crippen molar-refractivity contribution in [3.05, 3.63) is 65.0 Å². The summed E-state index contributed by atoms with van der Waals surface area (Å²) in [6.45, 7) is 3.72. The quantitative estimate of drug-likeness (QED) is 0.813. The van der Waals surface area contributed by atoms with Gasteiger partial charge in [-0.2, -0.15) is 0 Å². The first-order valence-corrected chi connectivity index (χ1v) is 9.60. The molecule has 2 aromatic carbocycles. The first-order valence-electron chi connectivity index (χ1n) is 9.60. The number of carbonyl (C=O) groups is 3. The SMILES string of the molecule is Cc1cccc2c1N(C(=O)CN1C(=O)NC(C)(c3ccc(F)cc3)C1=O)CCC2. The molecule has 1 atom stereocenters. The van der Waals surface area contributed by atoms with Crippen molar-refractivity contribution in [2.24, 2.45) is 0 Å². The largest absolute Gasteiger partial charge is 0.325 e. The van der Waals surface area contributed by atoms with Gasteiger partial charge in [-0.25, -0.2) is 9.18 Å². The van der Waals surface area contributed by atoms with Crippen LogP contribution in [-0.2, 0) is 21.5 Å². The van der Waals surface area contributed by atoms with E-state index < -0.39 is 23.3 Å². The fourth-order valence-electron chi connectivity index (χ4n) is 4.14. The molecule has 1 fully saturated rings. The number of fused-ring (bicyclic) bond motifs is 1. The van der Waals surface area contributed by atoms with Crippen LogP contribution in [0.25, 0.3) is 0 Å². The number of rotatable bonds is 3. The van der Waals surface area contributed by atoms with Gasteiger partial charge in [0.1, 0.15) is 17.9 Å². The van der Waals surface area contributed by atoms with E-state index in [2.05, 4.69) is 5.32 Å². The number of nitrogens with one attached hydrogen (secondary N) is 1. The molecule has 2 aliphatic rings. The van der Waals surface area contributed by atoms with Crippen molar-refractivity contribution >= 4 is 23.5 Å². The van der Waals surface area contributed by atoms with E-state index in [4.69, 9.17) is 0 Å². The Hall–Kier alpha value is -3.22. The Labute approximate surface area is 168 Å². The average molecular weight is 395 g/mol. The monoisotopic (exact) mass is 395 g/mol. The molecule has 2 aromatic rings. The molecule has 0 radical (unpaired) electrons. The van der Waals surface area contributed by atoms with Gasteiger partial charge in [0.2, 0.25) is 5.91 Å². The van der Waals surface area contributed by atoms with Crippen molar-refractivity contribution < 1.29 is 18.8 Å². The maximum atomic E-state index is 13.2. The van der Waals surface area contributed by atoms with Gasteiger partial charge in [0, 0.05) is 12.2 Å². The second-order valence-corrected chi connectivity index (χ2v) is 7.68. The summed E-state index contributed by atoms with van der Waals surface area (Å²) < 4.78 is 13.2. The molecule has 4 amide bonds. The lowest BCUT2D eigenvalue weighted by Gasteiger charge is -2.32. The maximum absolute atomic E-state index is 13.2. The molecule has 1 saturated heterocycles. The summed E-state index contributed by atoms with van der Waals surface area (Å²) in [5.74, 6) is -1.25. The van der Waals surface area contributed by atoms with Gasteiger partial charge in [0.15, 0.2) is 0 Å². The average Bonchev–Trinajstić information content (AvgIpc) is 2.92. The highest BCUT2D eigenvalue weighted by molar-refractivity contribution is 6.10. The van der Waals surface area contributed by atoms with Crippen molar-refractivity contribution in [2.45, 2.75) is 32.2 Å². The Kier molecular flexibility index (Phi) is 4.61. The van der Waals surface area contributed by atoms with Crippen molar-refractivity contribution in [3.63, 3.8) is 0 Å². The molecule has 2 aliphatic heterocycles. The summed E-state index contributed by atoms with van der Waals surface area (Å²) in [5, 5.41) is 2.65. The zero-order chi connectivity index (χ0) is 20.8. The number of para-hydroxylation sites is 1. The van der Waals surface area contributed by atoms with Crippen molar-refractivity contribution in [3.8, 4) is 0 Å². The summed E-state index contributed by atoms with van der Waals surface area (Å²) in [6.07, 6.45) is 1.72. The van der Waals surface area contributed by atoms with Gasteiger partial charge in [0.25, 0.3) is 5.91 Å². The molecule has 1 N–H and O–H groups in total. The topological polar surface area (TPSA) is 69.7 Å². The second kappa shape index (κ2) is 6.99. The third-order valence-corrected chi connectivity index (χ3v) is 5.71. The number of carbonyl (C=O) groups excluding carboxylic acids is 3. The van der Waals surface area contributed by atoms with E-state index in [-0.39, 0.29) is 12.5 Å². The molecule has 0 spiro atoms. The van der Waals surface area contributed by atoms with Gasteiger partial charge < -0.3 is 10.2 Å². The van der Waals surface area contributed by atoms with Crippen molar-refractivity contribution in [1.82, 2.24) is 10.2 Å². The smallest absolute Gasteiger partial charge is 0.319 e. The van der Waals surface area contributed by atoms with E-state index in [1.807, 2.05) is 25.1 Å². The minimum atomic E-state index is -1.33. The van der Waals surface area contributed by atoms with E-state index in [1.54, 1.807) is 11.8 Å². The van der Waals surface area contributed by atoms with Gasteiger partial charge >= 0.3 is 6.03 Å². The first kappa shape index (κ1) is 19.1. The third kappa shape index (κ3) is 3.16. The Morgan fingerprint density at radius 1 is 1.17 bits per heavy atom. The Bertz CT molecular complexity index is 1000. The van der Waals surface area contributed by atoms with Crippen LogP contribution in [0, 0.1) is 12.7 Å². The molecule has 6 nitrogen and oxygen atoms in total. The highest BCUT2D eigenvalue weighted by Gasteiger charge is 2.49. The molecule has 2 heterocycles. The number of benzene rings is 2. The zero-order valence-corrected chi connectivity index (χ0v) is 16.4. The molecule has 0 aromatic heterocycles. The van der Waals surface area contributed by atoms with Crippen molar-refractivity contribution in [1.29, 1.82) is 0 Å². The fraction of sp³-hybridized carbons (Fsp3) is 0.318. The number of anilines is 1. The van der Waals surface area contributed by atoms with Gasteiger partial charge in [0.05, 0.1) is 0 Å². The van der Waals surface area contributed by atoms with Crippen LogP contribution in [-0.4, -0.2) is 35.8 Å². The fourth-order valence-corrected chi connectivity index (χ4v) is 4.14. The summed E-state index contributed by atoms with van der Waals surface area (Å²) in [6, 6.07) is 10.7.